The number of carbonyl (C=O) groups excluding carboxylic acids is 1. The summed E-state index contributed by atoms with van der Waals surface area (Å²) < 4.78 is 13.1. The molecule has 1 aliphatic heterocycles. The maximum Gasteiger partial charge on any atom is 0.238 e. The molecule has 5 nitrogen and oxygen atoms in total. The van der Waals surface area contributed by atoms with Gasteiger partial charge in [-0.15, -0.1) is 0 Å². The largest absolute Gasteiger partial charge is 0.505 e. The smallest absolute Gasteiger partial charge is 0.238 e. The van der Waals surface area contributed by atoms with Crippen molar-refractivity contribution in [3.05, 3.63) is 24.0 Å². The molecule has 1 amide bonds. The van der Waals surface area contributed by atoms with Gasteiger partial charge in [0.05, 0.1) is 6.54 Å². The molecular formula is C13H18FN3O2. The second-order valence-corrected chi connectivity index (χ2v) is 4.83. The fourth-order valence-electron chi connectivity index (χ4n) is 2.10. The van der Waals surface area contributed by atoms with E-state index in [4.69, 9.17) is 10.8 Å². The minimum Gasteiger partial charge on any atom is -0.505 e. The van der Waals surface area contributed by atoms with E-state index in [-0.39, 0.29) is 18.5 Å². The summed E-state index contributed by atoms with van der Waals surface area (Å²) in [4.78, 5) is 13.8. The van der Waals surface area contributed by atoms with Gasteiger partial charge in [-0.2, -0.15) is 0 Å². The highest BCUT2D eigenvalue weighted by atomic mass is 19.1. The van der Waals surface area contributed by atoms with Crippen LogP contribution < -0.4 is 11.1 Å². The summed E-state index contributed by atoms with van der Waals surface area (Å²) in [5, 5.41) is 11.7. The summed E-state index contributed by atoms with van der Waals surface area (Å²) in [7, 11) is 0. The fourth-order valence-corrected chi connectivity index (χ4v) is 2.10. The van der Waals surface area contributed by atoms with Crippen molar-refractivity contribution in [3.63, 3.8) is 0 Å². The Hall–Kier alpha value is -1.66. The molecule has 104 valence electrons. The Kier molecular flexibility index (Phi) is 4.34. The van der Waals surface area contributed by atoms with Crippen LogP contribution in [-0.4, -0.2) is 41.6 Å². The Morgan fingerprint density at radius 1 is 1.47 bits per heavy atom. The van der Waals surface area contributed by atoms with Gasteiger partial charge in [-0.05, 0) is 25.0 Å². The molecule has 0 atom stereocenters. The topological polar surface area (TPSA) is 78.6 Å². The van der Waals surface area contributed by atoms with Gasteiger partial charge in [-0.25, -0.2) is 4.39 Å². The first-order chi connectivity index (χ1) is 9.04. The van der Waals surface area contributed by atoms with E-state index in [0.717, 1.165) is 32.0 Å². The molecule has 1 aliphatic rings. The molecule has 0 spiro atoms. The third-order valence-corrected chi connectivity index (χ3v) is 3.23. The first-order valence-electron chi connectivity index (χ1n) is 6.31. The van der Waals surface area contributed by atoms with Crippen LogP contribution in [0.5, 0.6) is 5.75 Å². The van der Waals surface area contributed by atoms with Crippen molar-refractivity contribution in [1.29, 1.82) is 0 Å². The molecule has 1 aromatic rings. The van der Waals surface area contributed by atoms with Crippen LogP contribution in [0.15, 0.2) is 18.2 Å². The lowest BCUT2D eigenvalue weighted by Crippen LogP contribution is -2.43. The SMILES string of the molecule is NC1CCN(CC(=O)Nc2ccc(O)c(F)c2)CC1. The predicted molar refractivity (Wildman–Crippen MR) is 70.3 cm³/mol. The Morgan fingerprint density at radius 3 is 2.79 bits per heavy atom. The van der Waals surface area contributed by atoms with Crippen molar-refractivity contribution in [2.45, 2.75) is 18.9 Å². The lowest BCUT2D eigenvalue weighted by atomic mass is 10.1. The molecule has 1 fully saturated rings. The van der Waals surface area contributed by atoms with E-state index >= 15 is 0 Å². The second-order valence-electron chi connectivity index (χ2n) is 4.83. The van der Waals surface area contributed by atoms with Gasteiger partial charge in [0.25, 0.3) is 0 Å². The number of nitrogens with one attached hydrogen (secondary N) is 1. The lowest BCUT2D eigenvalue weighted by Gasteiger charge is -2.29. The molecule has 0 bridgehead atoms. The Morgan fingerprint density at radius 2 is 2.16 bits per heavy atom. The van der Waals surface area contributed by atoms with Gasteiger partial charge in [0.15, 0.2) is 11.6 Å². The predicted octanol–water partition coefficient (Wildman–Crippen LogP) is 0.893. The zero-order chi connectivity index (χ0) is 13.8. The number of aromatic hydroxyl groups is 1. The number of nitrogens with two attached hydrogens (primary N) is 1. The molecule has 0 aliphatic carbocycles. The number of anilines is 1. The fraction of sp³-hybridized carbons (Fsp3) is 0.462. The summed E-state index contributed by atoms with van der Waals surface area (Å²) >= 11 is 0. The van der Waals surface area contributed by atoms with Crippen LogP contribution in [0.1, 0.15) is 12.8 Å². The van der Waals surface area contributed by atoms with Gasteiger partial charge in [0.1, 0.15) is 0 Å². The minimum absolute atomic E-state index is 0.194. The highest BCUT2D eigenvalue weighted by Gasteiger charge is 2.18. The average Bonchev–Trinajstić information content (AvgIpc) is 2.37. The number of carbonyl (C=O) groups is 1. The third-order valence-electron chi connectivity index (χ3n) is 3.23. The molecule has 1 heterocycles. The van der Waals surface area contributed by atoms with Crippen molar-refractivity contribution >= 4 is 11.6 Å². The molecule has 0 radical (unpaired) electrons. The number of hydrogen-bond donors (Lipinski definition) is 3. The van der Waals surface area contributed by atoms with E-state index < -0.39 is 11.6 Å². The molecule has 4 N–H and O–H groups in total. The number of phenolic OH excluding ortho intramolecular Hbond substituents is 1. The van der Waals surface area contributed by atoms with E-state index in [1.165, 1.54) is 12.1 Å². The van der Waals surface area contributed by atoms with Crippen molar-refractivity contribution in [3.8, 4) is 5.75 Å². The van der Waals surface area contributed by atoms with E-state index in [9.17, 15) is 9.18 Å². The lowest BCUT2D eigenvalue weighted by molar-refractivity contribution is -0.117. The van der Waals surface area contributed by atoms with Gasteiger partial charge in [-0.3, -0.25) is 9.69 Å². The third kappa shape index (κ3) is 3.90. The van der Waals surface area contributed by atoms with Crippen LogP contribution in [0.25, 0.3) is 0 Å². The summed E-state index contributed by atoms with van der Waals surface area (Å²) in [6, 6.07) is 4.00. The van der Waals surface area contributed by atoms with Crippen LogP contribution in [0.3, 0.4) is 0 Å². The first kappa shape index (κ1) is 13.8. The average molecular weight is 267 g/mol. The molecule has 1 saturated heterocycles. The normalized spacial score (nSPS) is 17.4. The van der Waals surface area contributed by atoms with E-state index in [0.29, 0.717) is 5.69 Å². The van der Waals surface area contributed by atoms with Crippen LogP contribution in [0, 0.1) is 5.82 Å². The number of likely N-dealkylation sites (tertiary alicyclic amines) is 1. The first-order valence-corrected chi connectivity index (χ1v) is 6.31. The Labute approximate surface area is 111 Å². The van der Waals surface area contributed by atoms with Crippen LogP contribution in [0.2, 0.25) is 0 Å². The van der Waals surface area contributed by atoms with Crippen LogP contribution in [-0.2, 0) is 4.79 Å². The monoisotopic (exact) mass is 267 g/mol. The van der Waals surface area contributed by atoms with Crippen molar-refractivity contribution in [1.82, 2.24) is 4.90 Å². The zero-order valence-corrected chi connectivity index (χ0v) is 10.6. The van der Waals surface area contributed by atoms with Gasteiger partial charge >= 0.3 is 0 Å². The minimum atomic E-state index is -0.748. The molecule has 0 aromatic heterocycles. The maximum absolute atomic E-state index is 13.1. The molecule has 19 heavy (non-hydrogen) atoms. The number of rotatable bonds is 3. The van der Waals surface area contributed by atoms with Crippen LogP contribution >= 0.6 is 0 Å². The Balaban J connectivity index is 1.85. The molecule has 0 unspecified atom stereocenters. The maximum atomic E-state index is 13.1. The number of piperidine rings is 1. The number of phenols is 1. The molecule has 6 heteroatoms. The molecular weight excluding hydrogens is 249 g/mol. The molecule has 2 rings (SSSR count). The Bertz CT molecular complexity index is 459. The van der Waals surface area contributed by atoms with E-state index in [1.807, 2.05) is 4.90 Å². The molecule has 0 saturated carbocycles. The summed E-state index contributed by atoms with van der Waals surface area (Å²) in [6.45, 7) is 1.88. The van der Waals surface area contributed by atoms with Gasteiger partial charge in [-0.1, -0.05) is 0 Å². The number of halogens is 1. The highest BCUT2D eigenvalue weighted by Crippen LogP contribution is 2.19. The van der Waals surface area contributed by atoms with Crippen LogP contribution in [0.4, 0.5) is 10.1 Å². The standard InChI is InChI=1S/C13H18FN3O2/c14-11-7-10(1-2-12(11)18)16-13(19)8-17-5-3-9(15)4-6-17/h1-2,7,9,18H,3-6,8,15H2,(H,16,19). The summed E-state index contributed by atoms with van der Waals surface area (Å²) in [5.41, 5.74) is 6.13. The van der Waals surface area contributed by atoms with Crippen molar-refractivity contribution in [2.75, 3.05) is 25.0 Å². The van der Waals surface area contributed by atoms with Crippen molar-refractivity contribution < 1.29 is 14.3 Å². The van der Waals surface area contributed by atoms with Gasteiger partial charge in [0.2, 0.25) is 5.91 Å². The number of hydrogen-bond acceptors (Lipinski definition) is 4. The summed E-state index contributed by atoms with van der Waals surface area (Å²) in [5.74, 6) is -1.37. The van der Waals surface area contributed by atoms with Gasteiger partial charge in [0, 0.05) is 30.9 Å². The second kappa shape index (κ2) is 5.99. The van der Waals surface area contributed by atoms with E-state index in [2.05, 4.69) is 5.32 Å². The number of nitrogens with zero attached hydrogens (tertiary/aromatic N) is 1. The zero-order valence-electron chi connectivity index (χ0n) is 10.6. The highest BCUT2D eigenvalue weighted by molar-refractivity contribution is 5.92. The molecule has 1 aromatic carbocycles. The van der Waals surface area contributed by atoms with Crippen molar-refractivity contribution in [2.24, 2.45) is 5.73 Å². The van der Waals surface area contributed by atoms with E-state index in [1.54, 1.807) is 0 Å². The number of benzene rings is 1. The number of amides is 1. The van der Waals surface area contributed by atoms with Gasteiger partial charge < -0.3 is 16.2 Å². The summed E-state index contributed by atoms with van der Waals surface area (Å²) in [6.07, 6.45) is 1.78. The quantitative estimate of drug-likeness (QED) is 0.711.